The van der Waals surface area contributed by atoms with Gasteiger partial charge in [0.1, 0.15) is 0 Å². The molecule has 6 nitrogen and oxygen atoms in total. The lowest BCUT2D eigenvalue weighted by molar-refractivity contribution is 0.0952. The molecular formula is C12H14N4O2. The Morgan fingerprint density at radius 3 is 3.11 bits per heavy atom. The molecule has 0 aliphatic rings. The Labute approximate surface area is 104 Å². The van der Waals surface area contributed by atoms with Gasteiger partial charge in [0.05, 0.1) is 0 Å². The molecule has 2 heterocycles. The Morgan fingerprint density at radius 1 is 1.50 bits per heavy atom. The lowest BCUT2D eigenvalue weighted by atomic mass is 10.2. The average molecular weight is 246 g/mol. The second-order valence-corrected chi connectivity index (χ2v) is 3.82. The Bertz CT molecular complexity index is 559. The van der Waals surface area contributed by atoms with Crippen LogP contribution >= 0.6 is 0 Å². The van der Waals surface area contributed by atoms with E-state index in [0.29, 0.717) is 12.1 Å². The number of aromatic nitrogens is 3. The van der Waals surface area contributed by atoms with Gasteiger partial charge in [0, 0.05) is 43.3 Å². The third-order valence-corrected chi connectivity index (χ3v) is 2.45. The van der Waals surface area contributed by atoms with Gasteiger partial charge in [0.25, 0.3) is 5.91 Å². The Morgan fingerprint density at radius 2 is 2.39 bits per heavy atom. The Balaban J connectivity index is 1.77. The van der Waals surface area contributed by atoms with Crippen LogP contribution in [0.25, 0.3) is 0 Å². The lowest BCUT2D eigenvalue weighted by Gasteiger charge is -2.05. The van der Waals surface area contributed by atoms with E-state index in [0.717, 1.165) is 13.0 Å². The van der Waals surface area contributed by atoms with E-state index in [-0.39, 0.29) is 11.5 Å². The third kappa shape index (κ3) is 3.31. The molecule has 18 heavy (non-hydrogen) atoms. The van der Waals surface area contributed by atoms with Gasteiger partial charge in [-0.2, -0.15) is 5.10 Å². The molecule has 2 rings (SSSR count). The van der Waals surface area contributed by atoms with Gasteiger partial charge < -0.3 is 10.3 Å². The number of rotatable bonds is 5. The smallest absolute Gasteiger partial charge is 0.251 e. The van der Waals surface area contributed by atoms with Gasteiger partial charge in [-0.15, -0.1) is 0 Å². The maximum atomic E-state index is 11.7. The highest BCUT2D eigenvalue weighted by Crippen LogP contribution is 1.93. The second-order valence-electron chi connectivity index (χ2n) is 3.82. The number of nitrogens with one attached hydrogen (secondary N) is 2. The fraction of sp³-hybridized carbons (Fsp3) is 0.250. The summed E-state index contributed by atoms with van der Waals surface area (Å²) in [6.07, 6.45) is 5.84. The van der Waals surface area contributed by atoms with Crippen LogP contribution in [0.1, 0.15) is 16.8 Å². The normalized spacial score (nSPS) is 10.2. The third-order valence-electron chi connectivity index (χ3n) is 2.45. The molecule has 0 unspecified atom stereocenters. The van der Waals surface area contributed by atoms with Gasteiger partial charge in [0.15, 0.2) is 0 Å². The van der Waals surface area contributed by atoms with E-state index >= 15 is 0 Å². The highest BCUT2D eigenvalue weighted by Gasteiger charge is 2.04. The molecule has 1 amide bonds. The number of hydrogen-bond acceptors (Lipinski definition) is 3. The largest absolute Gasteiger partial charge is 0.352 e. The molecule has 0 saturated carbocycles. The highest BCUT2D eigenvalue weighted by atomic mass is 16.2. The molecule has 0 saturated heterocycles. The molecule has 0 fully saturated rings. The van der Waals surface area contributed by atoms with Crippen LogP contribution in [0.15, 0.2) is 41.6 Å². The highest BCUT2D eigenvalue weighted by molar-refractivity contribution is 5.93. The van der Waals surface area contributed by atoms with Gasteiger partial charge in [-0.1, -0.05) is 0 Å². The first-order valence-electron chi connectivity index (χ1n) is 5.70. The maximum Gasteiger partial charge on any atom is 0.251 e. The monoisotopic (exact) mass is 246 g/mol. The first-order chi connectivity index (χ1) is 8.75. The van der Waals surface area contributed by atoms with E-state index in [1.807, 2.05) is 12.3 Å². The summed E-state index contributed by atoms with van der Waals surface area (Å²) in [5.41, 5.74) is 0.0945. The summed E-state index contributed by atoms with van der Waals surface area (Å²) in [5.74, 6) is -0.235. The first-order valence-corrected chi connectivity index (χ1v) is 5.70. The van der Waals surface area contributed by atoms with Gasteiger partial charge in [-0.05, 0) is 18.6 Å². The van der Waals surface area contributed by atoms with Crippen molar-refractivity contribution in [1.82, 2.24) is 20.1 Å². The van der Waals surface area contributed by atoms with Gasteiger partial charge in [-0.25, -0.2) is 0 Å². The van der Waals surface area contributed by atoms with Gasteiger partial charge in [-0.3, -0.25) is 14.3 Å². The van der Waals surface area contributed by atoms with Crippen LogP contribution in [0, 0.1) is 0 Å². The van der Waals surface area contributed by atoms with E-state index < -0.39 is 0 Å². The lowest BCUT2D eigenvalue weighted by Crippen LogP contribution is -2.26. The van der Waals surface area contributed by atoms with Crippen molar-refractivity contribution in [3.63, 3.8) is 0 Å². The molecule has 0 aromatic carbocycles. The molecule has 0 bridgehead atoms. The number of aromatic amines is 1. The SMILES string of the molecule is O=C(NCCCn1cccn1)c1cc[nH]c(=O)c1. The molecule has 0 aliphatic carbocycles. The quantitative estimate of drug-likeness (QED) is 0.749. The van der Waals surface area contributed by atoms with E-state index in [1.165, 1.54) is 12.3 Å². The summed E-state index contributed by atoms with van der Waals surface area (Å²) in [4.78, 5) is 25.2. The number of aryl methyl sites for hydroxylation is 1. The molecule has 0 atom stereocenters. The van der Waals surface area contributed by atoms with Crippen molar-refractivity contribution in [2.24, 2.45) is 0 Å². The van der Waals surface area contributed by atoms with Crippen LogP contribution in [0.5, 0.6) is 0 Å². The van der Waals surface area contributed by atoms with Crippen LogP contribution in [0.3, 0.4) is 0 Å². The minimum absolute atomic E-state index is 0.235. The summed E-state index contributed by atoms with van der Waals surface area (Å²) < 4.78 is 1.80. The molecule has 2 aromatic heterocycles. The summed E-state index contributed by atoms with van der Waals surface area (Å²) in [5, 5.41) is 6.82. The summed E-state index contributed by atoms with van der Waals surface area (Å²) in [6.45, 7) is 1.30. The van der Waals surface area contributed by atoms with Crippen molar-refractivity contribution in [1.29, 1.82) is 0 Å². The first kappa shape index (κ1) is 12.1. The van der Waals surface area contributed by atoms with Crippen molar-refractivity contribution < 1.29 is 4.79 Å². The predicted octanol–water partition coefficient (Wildman–Crippen LogP) is 0.391. The van der Waals surface area contributed by atoms with Gasteiger partial charge in [0.2, 0.25) is 5.56 Å². The number of amides is 1. The molecule has 6 heteroatoms. The molecule has 94 valence electrons. The zero-order valence-corrected chi connectivity index (χ0v) is 9.80. The van der Waals surface area contributed by atoms with Crippen molar-refractivity contribution in [2.75, 3.05) is 6.54 Å². The van der Waals surface area contributed by atoms with Crippen molar-refractivity contribution >= 4 is 5.91 Å². The summed E-state index contributed by atoms with van der Waals surface area (Å²) >= 11 is 0. The molecular weight excluding hydrogens is 232 g/mol. The Kier molecular flexibility index (Phi) is 3.90. The minimum atomic E-state index is -0.279. The molecule has 0 spiro atoms. The topological polar surface area (TPSA) is 79.8 Å². The van der Waals surface area contributed by atoms with Crippen LogP contribution < -0.4 is 10.9 Å². The maximum absolute atomic E-state index is 11.7. The van der Waals surface area contributed by atoms with E-state index in [9.17, 15) is 9.59 Å². The molecule has 2 N–H and O–H groups in total. The average Bonchev–Trinajstić information content (AvgIpc) is 2.87. The number of carbonyl (C=O) groups is 1. The molecule has 2 aromatic rings. The second kappa shape index (κ2) is 5.81. The van der Waals surface area contributed by atoms with Crippen LogP contribution in [0.2, 0.25) is 0 Å². The van der Waals surface area contributed by atoms with Crippen LogP contribution in [0.4, 0.5) is 0 Å². The fourth-order valence-corrected chi connectivity index (χ4v) is 1.56. The zero-order chi connectivity index (χ0) is 12.8. The number of hydrogen-bond donors (Lipinski definition) is 2. The zero-order valence-electron chi connectivity index (χ0n) is 9.80. The predicted molar refractivity (Wildman–Crippen MR) is 66.2 cm³/mol. The van der Waals surface area contributed by atoms with Gasteiger partial charge >= 0.3 is 0 Å². The molecule has 0 radical (unpaired) electrons. The minimum Gasteiger partial charge on any atom is -0.352 e. The standard InChI is InChI=1S/C12H14N4O2/c17-11-9-10(3-6-13-11)12(18)14-4-1-7-16-8-2-5-15-16/h2-3,5-6,8-9H,1,4,7H2,(H,13,17)(H,14,18). The van der Waals surface area contributed by atoms with Crippen molar-refractivity contribution in [3.8, 4) is 0 Å². The van der Waals surface area contributed by atoms with E-state index in [4.69, 9.17) is 0 Å². The molecule has 0 aliphatic heterocycles. The number of H-pyrrole nitrogens is 1. The number of pyridine rings is 1. The van der Waals surface area contributed by atoms with Crippen LogP contribution in [-0.4, -0.2) is 27.2 Å². The fourth-order valence-electron chi connectivity index (χ4n) is 1.56. The Hall–Kier alpha value is -2.37. The summed E-state index contributed by atoms with van der Waals surface area (Å²) in [6, 6.07) is 4.71. The van der Waals surface area contributed by atoms with E-state index in [1.54, 1.807) is 16.9 Å². The van der Waals surface area contributed by atoms with Crippen molar-refractivity contribution in [3.05, 3.63) is 52.7 Å². The number of nitrogens with zero attached hydrogens (tertiary/aromatic N) is 2. The number of carbonyl (C=O) groups excluding carboxylic acids is 1. The van der Waals surface area contributed by atoms with Crippen molar-refractivity contribution in [2.45, 2.75) is 13.0 Å². The van der Waals surface area contributed by atoms with Crippen LogP contribution in [-0.2, 0) is 6.54 Å². The summed E-state index contributed by atoms with van der Waals surface area (Å²) in [7, 11) is 0. The van der Waals surface area contributed by atoms with E-state index in [2.05, 4.69) is 15.4 Å².